The summed E-state index contributed by atoms with van der Waals surface area (Å²) in [6.07, 6.45) is -6.66. The number of halogens is 6. The number of ether oxygens (including phenoxy) is 1. The van der Waals surface area contributed by atoms with Crippen molar-refractivity contribution in [1.29, 1.82) is 0 Å². The predicted molar refractivity (Wildman–Crippen MR) is 170 cm³/mol. The van der Waals surface area contributed by atoms with Crippen LogP contribution in [0.1, 0.15) is 40.1 Å². The van der Waals surface area contributed by atoms with E-state index >= 15 is 0 Å². The summed E-state index contributed by atoms with van der Waals surface area (Å²) in [4.78, 5) is 17.3. The number of carbonyl (C=O) groups is 1. The fraction of sp³-hybridized carbons (Fsp3) is 0.235. The van der Waals surface area contributed by atoms with E-state index in [1.807, 2.05) is 32.0 Å². The van der Waals surface area contributed by atoms with Gasteiger partial charge in [0.05, 0.1) is 16.8 Å². The first kappa shape index (κ1) is 34.2. The number of carboxylic acid groups (broad SMARTS) is 1. The van der Waals surface area contributed by atoms with Gasteiger partial charge >= 0.3 is 18.3 Å². The minimum Gasteiger partial charge on any atom is -0.482 e. The molecule has 0 saturated carbocycles. The molecule has 4 aromatic rings. The molecule has 0 fully saturated rings. The number of hydrogen-bond acceptors (Lipinski definition) is 6. The molecule has 0 saturated heterocycles. The lowest BCUT2D eigenvalue weighted by Crippen LogP contribution is -2.13. The van der Waals surface area contributed by atoms with Gasteiger partial charge in [-0.05, 0) is 85.5 Å². The summed E-state index contributed by atoms with van der Waals surface area (Å²) in [6, 6.07) is 18.9. The van der Waals surface area contributed by atoms with Crippen LogP contribution >= 0.6 is 23.5 Å². The molecule has 13 heteroatoms. The van der Waals surface area contributed by atoms with Crippen LogP contribution < -0.4 is 10.1 Å². The number of hydrogen-bond donors (Lipinski definition) is 2. The zero-order valence-electron chi connectivity index (χ0n) is 24.9. The average Bonchev–Trinajstić information content (AvgIpc) is 3.41. The van der Waals surface area contributed by atoms with Crippen LogP contribution in [-0.2, 0) is 23.6 Å². The molecule has 1 aromatic heterocycles. The fourth-order valence-corrected chi connectivity index (χ4v) is 7.78. The highest BCUT2D eigenvalue weighted by Crippen LogP contribution is 2.47. The normalized spacial score (nSPS) is 15.8. The van der Waals surface area contributed by atoms with Gasteiger partial charge in [-0.2, -0.15) is 26.3 Å². The Morgan fingerprint density at radius 2 is 1.57 bits per heavy atom. The minimum absolute atomic E-state index is 0.157. The maximum atomic E-state index is 13.1. The Bertz CT molecular complexity index is 1760. The Hall–Kier alpha value is -4.10. The van der Waals surface area contributed by atoms with Crippen LogP contribution in [0.15, 0.2) is 101 Å². The number of allylic oxidation sites excluding steroid dienone is 1. The van der Waals surface area contributed by atoms with Crippen molar-refractivity contribution >= 4 is 29.5 Å². The van der Waals surface area contributed by atoms with Gasteiger partial charge in [0.15, 0.2) is 6.61 Å². The third kappa shape index (κ3) is 8.63. The molecular formula is C34H28F6N2O3S2. The number of carboxylic acids is 1. The summed E-state index contributed by atoms with van der Waals surface area (Å²) < 4.78 is 83.8. The topological polar surface area (TPSA) is 71.5 Å². The third-order valence-corrected chi connectivity index (χ3v) is 10.2. The van der Waals surface area contributed by atoms with Gasteiger partial charge in [-0.1, -0.05) is 42.1 Å². The second-order valence-electron chi connectivity index (χ2n) is 10.8. The van der Waals surface area contributed by atoms with E-state index in [9.17, 15) is 31.1 Å². The van der Waals surface area contributed by atoms with E-state index in [0.717, 1.165) is 50.9 Å². The Balaban J connectivity index is 1.38. The maximum Gasteiger partial charge on any atom is 0.416 e. The summed E-state index contributed by atoms with van der Waals surface area (Å²) in [5.41, 5.74) is 2.80. The van der Waals surface area contributed by atoms with E-state index in [-0.39, 0.29) is 10.6 Å². The molecule has 1 aliphatic heterocycles. The van der Waals surface area contributed by atoms with Crippen molar-refractivity contribution in [3.8, 4) is 17.0 Å². The quantitative estimate of drug-likeness (QED) is 0.127. The van der Waals surface area contributed by atoms with Crippen LogP contribution in [0.4, 0.5) is 26.3 Å². The van der Waals surface area contributed by atoms with Crippen molar-refractivity contribution in [3.63, 3.8) is 0 Å². The van der Waals surface area contributed by atoms with Gasteiger partial charge in [-0.3, -0.25) is 4.98 Å². The molecule has 3 aromatic carbocycles. The summed E-state index contributed by atoms with van der Waals surface area (Å²) in [5, 5.41) is 11.9. The van der Waals surface area contributed by atoms with E-state index < -0.39 is 36.1 Å². The number of aromatic nitrogens is 1. The van der Waals surface area contributed by atoms with Crippen LogP contribution in [0.2, 0.25) is 0 Å². The van der Waals surface area contributed by atoms with Gasteiger partial charge in [0.2, 0.25) is 0 Å². The fourth-order valence-electron chi connectivity index (χ4n) is 4.94. The second-order valence-corrected chi connectivity index (χ2v) is 13.2. The summed E-state index contributed by atoms with van der Waals surface area (Å²) in [5.74, 6) is -0.636. The SMILES string of the molecule is CC1=C(C(Cc2ccc(-c3ccc(C(F)(F)F)cc3)nc2)Sc2ccc(OCC(=O)O)c(C)c2)SC(c2ccc(C(F)(F)F)cc2)N1. The number of nitrogens with zero attached hydrogens (tertiary/aromatic N) is 1. The third-order valence-electron chi connectivity index (χ3n) is 7.32. The van der Waals surface area contributed by atoms with Crippen LogP contribution in [0, 0.1) is 6.92 Å². The number of rotatable bonds is 10. The highest BCUT2D eigenvalue weighted by atomic mass is 32.2. The summed E-state index contributed by atoms with van der Waals surface area (Å²) >= 11 is 3.08. The Morgan fingerprint density at radius 1 is 0.936 bits per heavy atom. The summed E-state index contributed by atoms with van der Waals surface area (Å²) in [6.45, 7) is 3.27. The molecule has 0 aliphatic carbocycles. The maximum absolute atomic E-state index is 13.1. The highest BCUT2D eigenvalue weighted by Gasteiger charge is 2.33. The van der Waals surface area contributed by atoms with Gasteiger partial charge in [0, 0.05) is 32.5 Å². The standard InChI is InChI=1S/C34H28F6N2O3S2/c1-19-15-26(12-14-28(19)45-18-30(43)44)46-29(31-20(2)42-32(47-31)23-6-10-25(11-7-23)34(38,39)40)16-21-3-13-27(41-17-21)22-4-8-24(9-5-22)33(35,36)37/h3-15,17,29,32,42H,16,18H2,1-2H3,(H,43,44). The number of pyridine rings is 1. The van der Waals surface area contributed by atoms with Crippen molar-refractivity contribution in [2.75, 3.05) is 6.61 Å². The van der Waals surface area contributed by atoms with E-state index in [0.29, 0.717) is 29.0 Å². The van der Waals surface area contributed by atoms with Crippen molar-refractivity contribution in [2.45, 2.75) is 48.1 Å². The van der Waals surface area contributed by atoms with E-state index in [1.165, 1.54) is 36.0 Å². The number of aryl methyl sites for hydroxylation is 1. The molecular weight excluding hydrogens is 663 g/mol. The molecule has 0 amide bonds. The second kappa shape index (κ2) is 13.9. The number of thioether (sulfide) groups is 2. The molecule has 2 atom stereocenters. The summed E-state index contributed by atoms with van der Waals surface area (Å²) in [7, 11) is 0. The first-order valence-corrected chi connectivity index (χ1v) is 16.0. The predicted octanol–water partition coefficient (Wildman–Crippen LogP) is 9.53. The van der Waals surface area contributed by atoms with Gasteiger partial charge in [-0.25, -0.2) is 4.79 Å². The van der Waals surface area contributed by atoms with Crippen molar-refractivity contribution < 1.29 is 41.0 Å². The lowest BCUT2D eigenvalue weighted by molar-refractivity contribution is -0.139. The van der Waals surface area contributed by atoms with E-state index in [2.05, 4.69) is 10.3 Å². The molecule has 2 heterocycles. The molecule has 0 spiro atoms. The van der Waals surface area contributed by atoms with Crippen molar-refractivity contribution in [1.82, 2.24) is 10.3 Å². The highest BCUT2D eigenvalue weighted by molar-refractivity contribution is 8.06. The Morgan fingerprint density at radius 3 is 2.13 bits per heavy atom. The lowest BCUT2D eigenvalue weighted by Gasteiger charge is -2.20. The Kier molecular flexibility index (Phi) is 10.2. The number of nitrogens with one attached hydrogen (secondary N) is 1. The number of benzene rings is 3. The molecule has 2 N–H and O–H groups in total. The zero-order valence-corrected chi connectivity index (χ0v) is 26.6. The first-order chi connectivity index (χ1) is 22.2. The van der Waals surface area contributed by atoms with Crippen LogP contribution in [0.5, 0.6) is 5.75 Å². The average molecular weight is 691 g/mol. The van der Waals surface area contributed by atoms with E-state index in [4.69, 9.17) is 9.84 Å². The molecule has 5 nitrogen and oxygen atoms in total. The van der Waals surface area contributed by atoms with Crippen LogP contribution in [-0.4, -0.2) is 27.9 Å². The smallest absolute Gasteiger partial charge is 0.416 e. The molecule has 0 radical (unpaired) electrons. The van der Waals surface area contributed by atoms with Gasteiger partial charge in [-0.15, -0.1) is 11.8 Å². The Labute approximate surface area is 275 Å². The lowest BCUT2D eigenvalue weighted by atomic mass is 10.1. The monoisotopic (exact) mass is 690 g/mol. The zero-order chi connectivity index (χ0) is 33.9. The minimum atomic E-state index is -4.43. The largest absolute Gasteiger partial charge is 0.482 e. The van der Waals surface area contributed by atoms with Gasteiger partial charge in [0.25, 0.3) is 0 Å². The van der Waals surface area contributed by atoms with Crippen molar-refractivity contribution in [2.24, 2.45) is 0 Å². The van der Waals surface area contributed by atoms with Crippen LogP contribution in [0.25, 0.3) is 11.3 Å². The van der Waals surface area contributed by atoms with E-state index in [1.54, 1.807) is 30.1 Å². The molecule has 47 heavy (non-hydrogen) atoms. The van der Waals surface area contributed by atoms with Gasteiger partial charge < -0.3 is 15.2 Å². The van der Waals surface area contributed by atoms with Gasteiger partial charge in [0.1, 0.15) is 11.1 Å². The molecule has 5 rings (SSSR count). The first-order valence-electron chi connectivity index (χ1n) is 14.2. The number of alkyl halides is 6. The molecule has 1 aliphatic rings. The number of aliphatic carboxylic acids is 1. The molecule has 246 valence electrons. The van der Waals surface area contributed by atoms with Crippen molar-refractivity contribution in [3.05, 3.63) is 123 Å². The molecule has 2 unspecified atom stereocenters. The molecule has 0 bridgehead atoms. The van der Waals surface area contributed by atoms with Crippen LogP contribution in [0.3, 0.4) is 0 Å².